The topological polar surface area (TPSA) is 18.5 Å². The number of methoxy groups -OCH3 is 1. The second kappa shape index (κ2) is 5.63. The van der Waals surface area contributed by atoms with Crippen molar-refractivity contribution in [1.82, 2.24) is 0 Å². The van der Waals surface area contributed by atoms with E-state index in [1.165, 1.54) is 5.46 Å². The summed E-state index contributed by atoms with van der Waals surface area (Å²) < 4.78 is 10.9. The highest BCUT2D eigenvalue weighted by Gasteiger charge is 2.03. The van der Waals surface area contributed by atoms with E-state index in [1.54, 1.807) is 7.11 Å². The van der Waals surface area contributed by atoms with Crippen molar-refractivity contribution in [3.63, 3.8) is 0 Å². The molecule has 92 valence electrons. The van der Waals surface area contributed by atoms with E-state index < -0.39 is 0 Å². The van der Waals surface area contributed by atoms with Crippen LogP contribution < -0.4 is 14.9 Å². The zero-order valence-electron chi connectivity index (χ0n) is 11.0. The molecule has 18 heavy (non-hydrogen) atoms. The van der Waals surface area contributed by atoms with E-state index in [4.69, 9.17) is 9.47 Å². The molecule has 0 spiro atoms. The Bertz CT molecular complexity index is 506. The van der Waals surface area contributed by atoms with Crippen LogP contribution in [0.5, 0.6) is 17.2 Å². The third-order valence-corrected chi connectivity index (χ3v) is 2.82. The first-order chi connectivity index (χ1) is 8.69. The van der Waals surface area contributed by atoms with E-state index in [0.717, 1.165) is 17.2 Å². The van der Waals surface area contributed by atoms with Gasteiger partial charge in [0.2, 0.25) is 0 Å². The molecule has 2 nitrogen and oxygen atoms in total. The number of hydrogen-bond donors (Lipinski definition) is 0. The fourth-order valence-electron chi connectivity index (χ4n) is 1.72. The molecule has 0 saturated heterocycles. The van der Waals surface area contributed by atoms with E-state index in [9.17, 15) is 0 Å². The molecule has 0 saturated carbocycles. The average molecular weight is 240 g/mol. The molecule has 2 rings (SSSR count). The smallest absolute Gasteiger partial charge is 0.169 e. The lowest BCUT2D eigenvalue weighted by atomic mass is 9.49. The molecule has 0 aromatic heterocycles. The van der Waals surface area contributed by atoms with Crippen molar-refractivity contribution >= 4 is 12.2 Å². The molecule has 0 aliphatic rings. The lowest BCUT2D eigenvalue weighted by Gasteiger charge is -2.08. The van der Waals surface area contributed by atoms with E-state index in [2.05, 4.69) is 25.8 Å². The zero-order valence-corrected chi connectivity index (χ0v) is 11.0. The molecule has 0 fully saturated rings. The molecule has 0 radical (unpaired) electrons. The fraction of sp³-hybridized carbons (Fsp3) is 0.200. The average Bonchev–Trinajstić information content (AvgIpc) is 2.39. The predicted octanol–water partition coefficient (Wildman–Crippen LogP) is 3.45. The van der Waals surface area contributed by atoms with Crippen LogP contribution in [0.15, 0.2) is 48.5 Å². The molecule has 0 bridgehead atoms. The normalized spacial score (nSPS) is 9.94. The Morgan fingerprint density at radius 2 is 1.50 bits per heavy atom. The monoisotopic (exact) mass is 240 g/mol. The summed E-state index contributed by atoms with van der Waals surface area (Å²) in [4.78, 5) is 0. The first-order valence-corrected chi connectivity index (χ1v) is 6.11. The summed E-state index contributed by atoms with van der Waals surface area (Å²) in [5.74, 6) is 2.42. The SMILES string of the molecule is COc1cccc(Oc2ccc(B(C)C)cc2)c1. The Hall–Kier alpha value is -1.90. The van der Waals surface area contributed by atoms with Crippen molar-refractivity contribution in [2.24, 2.45) is 0 Å². The molecule has 0 aliphatic carbocycles. The summed E-state index contributed by atoms with van der Waals surface area (Å²) in [5.41, 5.74) is 1.31. The van der Waals surface area contributed by atoms with Crippen LogP contribution in [0, 0.1) is 0 Å². The third kappa shape index (κ3) is 3.07. The zero-order chi connectivity index (χ0) is 13.0. The third-order valence-electron chi connectivity index (χ3n) is 2.82. The highest BCUT2D eigenvalue weighted by Crippen LogP contribution is 2.24. The summed E-state index contributed by atoms with van der Waals surface area (Å²) in [7, 11) is 1.65. The number of benzene rings is 2. The molecule has 0 amide bonds. The molecule has 2 aromatic rings. The van der Waals surface area contributed by atoms with Crippen LogP contribution in [-0.4, -0.2) is 13.8 Å². The van der Waals surface area contributed by atoms with Gasteiger partial charge in [0.25, 0.3) is 0 Å². The first kappa shape index (κ1) is 12.6. The lowest BCUT2D eigenvalue weighted by molar-refractivity contribution is 0.409. The van der Waals surface area contributed by atoms with Gasteiger partial charge in [-0.25, -0.2) is 0 Å². The molecule has 0 aliphatic heterocycles. The molecule has 0 unspecified atom stereocenters. The highest BCUT2D eigenvalue weighted by molar-refractivity contribution is 6.70. The van der Waals surface area contributed by atoms with Gasteiger partial charge in [0.05, 0.1) is 7.11 Å². The Morgan fingerprint density at radius 1 is 0.833 bits per heavy atom. The van der Waals surface area contributed by atoms with Gasteiger partial charge in [0.15, 0.2) is 6.71 Å². The minimum Gasteiger partial charge on any atom is -0.497 e. The minimum absolute atomic E-state index is 0.538. The maximum atomic E-state index is 5.78. The Kier molecular flexibility index (Phi) is 3.93. The summed E-state index contributed by atoms with van der Waals surface area (Å²) in [6.07, 6.45) is 0. The maximum Gasteiger partial charge on any atom is 0.169 e. The van der Waals surface area contributed by atoms with Gasteiger partial charge in [-0.3, -0.25) is 0 Å². The van der Waals surface area contributed by atoms with E-state index in [-0.39, 0.29) is 0 Å². The Labute approximate surface area is 109 Å². The van der Waals surface area contributed by atoms with Gasteiger partial charge in [0.1, 0.15) is 17.2 Å². The molecular formula is C15H17BO2. The van der Waals surface area contributed by atoms with Gasteiger partial charge in [-0.2, -0.15) is 0 Å². The maximum absolute atomic E-state index is 5.78. The van der Waals surface area contributed by atoms with E-state index >= 15 is 0 Å². The van der Waals surface area contributed by atoms with Gasteiger partial charge in [0, 0.05) is 6.07 Å². The minimum atomic E-state index is 0.538. The van der Waals surface area contributed by atoms with Gasteiger partial charge in [-0.1, -0.05) is 37.3 Å². The summed E-state index contributed by atoms with van der Waals surface area (Å²) in [5, 5.41) is 0. The standard InChI is InChI=1S/C15H17BO2/c1-16(2)12-7-9-13(10-8-12)18-15-6-4-5-14(11-15)17-3/h4-11H,1-3H3. The summed E-state index contributed by atoms with van der Waals surface area (Å²) in [6, 6.07) is 15.8. The van der Waals surface area contributed by atoms with Crippen LogP contribution in [0.3, 0.4) is 0 Å². The largest absolute Gasteiger partial charge is 0.497 e. The van der Waals surface area contributed by atoms with Gasteiger partial charge in [-0.15, -0.1) is 0 Å². The molecular weight excluding hydrogens is 223 g/mol. The van der Waals surface area contributed by atoms with Crippen molar-refractivity contribution < 1.29 is 9.47 Å². The second-order valence-corrected chi connectivity index (χ2v) is 4.50. The van der Waals surface area contributed by atoms with Crippen LogP contribution in [0.1, 0.15) is 0 Å². The van der Waals surface area contributed by atoms with E-state index in [0.29, 0.717) is 6.71 Å². The quantitative estimate of drug-likeness (QED) is 0.762. The van der Waals surface area contributed by atoms with Crippen molar-refractivity contribution in [2.45, 2.75) is 13.6 Å². The van der Waals surface area contributed by atoms with Gasteiger partial charge >= 0.3 is 0 Å². The van der Waals surface area contributed by atoms with Crippen LogP contribution >= 0.6 is 0 Å². The van der Waals surface area contributed by atoms with Gasteiger partial charge in [-0.05, 0) is 24.3 Å². The number of ether oxygens (including phenoxy) is 2. The Balaban J connectivity index is 2.13. The predicted molar refractivity (Wildman–Crippen MR) is 76.6 cm³/mol. The molecule has 0 N–H and O–H groups in total. The fourth-order valence-corrected chi connectivity index (χ4v) is 1.72. The first-order valence-electron chi connectivity index (χ1n) is 6.11. The van der Waals surface area contributed by atoms with Gasteiger partial charge < -0.3 is 9.47 Å². The van der Waals surface area contributed by atoms with Crippen molar-refractivity contribution in [3.05, 3.63) is 48.5 Å². The van der Waals surface area contributed by atoms with Crippen molar-refractivity contribution in [2.75, 3.05) is 7.11 Å². The highest BCUT2D eigenvalue weighted by atomic mass is 16.5. The number of hydrogen-bond acceptors (Lipinski definition) is 2. The van der Waals surface area contributed by atoms with Crippen LogP contribution in [0.4, 0.5) is 0 Å². The second-order valence-electron chi connectivity index (χ2n) is 4.50. The Morgan fingerprint density at radius 3 is 2.11 bits per heavy atom. The van der Waals surface area contributed by atoms with Crippen LogP contribution in [0.2, 0.25) is 13.6 Å². The molecule has 0 atom stereocenters. The summed E-state index contributed by atoms with van der Waals surface area (Å²) in [6.45, 7) is 4.89. The molecule has 3 heteroatoms. The lowest BCUT2D eigenvalue weighted by Crippen LogP contribution is -2.21. The van der Waals surface area contributed by atoms with Crippen molar-refractivity contribution in [1.29, 1.82) is 0 Å². The summed E-state index contributed by atoms with van der Waals surface area (Å²) >= 11 is 0. The van der Waals surface area contributed by atoms with Crippen LogP contribution in [-0.2, 0) is 0 Å². The van der Waals surface area contributed by atoms with E-state index in [1.807, 2.05) is 36.4 Å². The van der Waals surface area contributed by atoms with Crippen molar-refractivity contribution in [3.8, 4) is 17.2 Å². The molecule has 0 heterocycles. The molecule has 2 aromatic carbocycles. The number of rotatable bonds is 4. The van der Waals surface area contributed by atoms with Crippen LogP contribution in [0.25, 0.3) is 0 Å².